The Balaban J connectivity index is 2.13. The smallest absolute Gasteiger partial charge is 0.408 e. The molecule has 2 rings (SSSR count). The summed E-state index contributed by atoms with van der Waals surface area (Å²) in [5.41, 5.74) is 1.36. The number of rotatable bonds is 1. The maximum absolute atomic E-state index is 11.9. The first kappa shape index (κ1) is 17.3. The zero-order valence-corrected chi connectivity index (χ0v) is 15.7. The van der Waals surface area contributed by atoms with Gasteiger partial charge in [0.05, 0.1) is 12.6 Å². The molecule has 4 nitrogen and oxygen atoms in total. The molecule has 0 saturated carbocycles. The molecule has 6 heteroatoms. The van der Waals surface area contributed by atoms with E-state index >= 15 is 0 Å². The minimum Gasteiger partial charge on any atom is -0.493 e. The molecule has 0 spiro atoms. The second-order valence-electron chi connectivity index (χ2n) is 5.89. The number of hydrogen-bond acceptors (Lipinski definition) is 4. The normalized spacial score (nSPS) is 16.6. The molecule has 1 amide bonds. The first-order valence-electron chi connectivity index (χ1n) is 6.94. The third kappa shape index (κ3) is 4.99. The fraction of sp³-hybridized carbons (Fsp3) is 0.438. The minimum absolute atomic E-state index is 0.0976. The van der Waals surface area contributed by atoms with Gasteiger partial charge < -0.3 is 14.8 Å². The summed E-state index contributed by atoms with van der Waals surface area (Å²) in [6.45, 7) is 6.10. The van der Waals surface area contributed by atoms with E-state index in [4.69, 9.17) is 9.47 Å². The third-order valence-corrected chi connectivity index (χ3v) is 3.82. The highest BCUT2D eigenvalue weighted by Crippen LogP contribution is 2.33. The molecule has 1 aliphatic heterocycles. The molecular formula is C16H18INO3S. The molecule has 1 aliphatic rings. The van der Waals surface area contributed by atoms with Crippen molar-refractivity contribution >= 4 is 36.2 Å². The molecule has 1 N–H and O–H groups in total. The van der Waals surface area contributed by atoms with E-state index in [1.165, 1.54) is 8.93 Å². The van der Waals surface area contributed by atoms with E-state index < -0.39 is 11.7 Å². The predicted molar refractivity (Wildman–Crippen MR) is 97.2 cm³/mol. The molecule has 0 bridgehead atoms. The molecular weight excluding hydrogens is 413 g/mol. The van der Waals surface area contributed by atoms with Crippen LogP contribution in [0.1, 0.15) is 44.4 Å². The average Bonchev–Trinajstić information content (AvgIpc) is 2.43. The Morgan fingerprint density at radius 1 is 1.50 bits per heavy atom. The van der Waals surface area contributed by atoms with Gasteiger partial charge in [-0.2, -0.15) is 0 Å². The maximum atomic E-state index is 11.9. The van der Waals surface area contributed by atoms with Gasteiger partial charge >= 0.3 is 6.09 Å². The van der Waals surface area contributed by atoms with Gasteiger partial charge in [0.1, 0.15) is 11.4 Å². The van der Waals surface area contributed by atoms with Gasteiger partial charge in [-0.25, -0.2) is 4.79 Å². The summed E-state index contributed by atoms with van der Waals surface area (Å²) in [5.74, 6) is 3.82. The maximum Gasteiger partial charge on any atom is 0.408 e. The van der Waals surface area contributed by atoms with E-state index in [-0.39, 0.29) is 6.04 Å². The molecule has 1 aromatic rings. The van der Waals surface area contributed by atoms with E-state index in [0.29, 0.717) is 6.61 Å². The van der Waals surface area contributed by atoms with Crippen molar-refractivity contribution in [1.29, 1.82) is 0 Å². The lowest BCUT2D eigenvalue weighted by Gasteiger charge is -2.28. The van der Waals surface area contributed by atoms with Crippen LogP contribution >= 0.6 is 30.1 Å². The van der Waals surface area contributed by atoms with Crippen LogP contribution in [-0.2, 0) is 4.74 Å². The van der Waals surface area contributed by atoms with E-state index in [1.54, 1.807) is 0 Å². The van der Waals surface area contributed by atoms with Crippen LogP contribution in [0, 0.1) is 11.2 Å². The second-order valence-corrected chi connectivity index (χ2v) is 7.57. The van der Waals surface area contributed by atoms with Crippen molar-refractivity contribution in [2.45, 2.75) is 38.8 Å². The van der Waals surface area contributed by atoms with Crippen LogP contribution in [0.4, 0.5) is 4.79 Å². The Morgan fingerprint density at radius 2 is 2.27 bits per heavy atom. The highest BCUT2D eigenvalue weighted by atomic mass is 127. The number of hydrogen-bond donors (Lipinski definition) is 1. The lowest BCUT2D eigenvalue weighted by Crippen LogP contribution is -2.36. The van der Waals surface area contributed by atoms with Crippen LogP contribution in [0.15, 0.2) is 18.2 Å². The molecule has 1 heterocycles. The zero-order chi connectivity index (χ0) is 16.2. The standard InChI is InChI=1S/C16H18INO3S/c1-16(2,3)21-15(19)18-13-6-8-20-14-10-11(7-9-22-17)4-5-12(13)14/h4-5,10,13H,6,8H2,1-3H3,(H,18,19). The molecule has 22 heavy (non-hydrogen) atoms. The second kappa shape index (κ2) is 7.47. The Kier molecular flexibility index (Phi) is 5.87. The van der Waals surface area contributed by atoms with Crippen LogP contribution in [0.3, 0.4) is 0 Å². The van der Waals surface area contributed by atoms with Gasteiger partial charge in [-0.1, -0.05) is 12.0 Å². The van der Waals surface area contributed by atoms with Crippen molar-refractivity contribution in [2.24, 2.45) is 0 Å². The van der Waals surface area contributed by atoms with Gasteiger partial charge in [-0.3, -0.25) is 0 Å². The first-order chi connectivity index (χ1) is 10.4. The van der Waals surface area contributed by atoms with Gasteiger partial charge in [0.25, 0.3) is 0 Å². The van der Waals surface area contributed by atoms with Gasteiger partial charge in [0.15, 0.2) is 0 Å². The van der Waals surface area contributed by atoms with Crippen LogP contribution in [0.2, 0.25) is 0 Å². The van der Waals surface area contributed by atoms with Crippen LogP contribution < -0.4 is 10.1 Å². The molecule has 1 atom stereocenters. The largest absolute Gasteiger partial charge is 0.493 e. The molecule has 0 radical (unpaired) electrons. The van der Waals surface area contributed by atoms with E-state index in [1.807, 2.05) is 39.0 Å². The number of fused-ring (bicyclic) bond motifs is 1. The van der Waals surface area contributed by atoms with Crippen LogP contribution in [0.5, 0.6) is 5.75 Å². The van der Waals surface area contributed by atoms with Gasteiger partial charge in [-0.15, -0.1) is 0 Å². The van der Waals surface area contributed by atoms with Gasteiger partial charge in [0, 0.05) is 38.8 Å². The number of carbonyl (C=O) groups is 1. The SMILES string of the molecule is CC(C)(C)OC(=O)NC1CCOc2cc(C#CSI)ccc21. The summed E-state index contributed by atoms with van der Waals surface area (Å²) in [7, 11) is 1.44. The average molecular weight is 431 g/mol. The summed E-state index contributed by atoms with van der Waals surface area (Å²) in [6.07, 6.45) is 0.316. The van der Waals surface area contributed by atoms with Crippen LogP contribution in [0.25, 0.3) is 0 Å². The third-order valence-electron chi connectivity index (χ3n) is 2.98. The molecule has 1 aromatic carbocycles. The molecule has 0 saturated heterocycles. The molecule has 0 aliphatic carbocycles. The van der Waals surface area contributed by atoms with Crippen molar-refractivity contribution in [3.8, 4) is 16.9 Å². The summed E-state index contributed by atoms with van der Waals surface area (Å²) < 4.78 is 11.0. The van der Waals surface area contributed by atoms with Crippen molar-refractivity contribution < 1.29 is 14.3 Å². The number of nitrogens with one attached hydrogen (secondary N) is 1. The Hall–Kier alpha value is -1.07. The zero-order valence-electron chi connectivity index (χ0n) is 12.7. The summed E-state index contributed by atoms with van der Waals surface area (Å²) >= 11 is 2.13. The van der Waals surface area contributed by atoms with E-state index in [0.717, 1.165) is 23.3 Å². The first-order valence-corrected chi connectivity index (χ1v) is 10.3. The number of alkyl carbamates (subject to hydrolysis) is 1. The van der Waals surface area contributed by atoms with Crippen molar-refractivity contribution in [2.75, 3.05) is 6.61 Å². The predicted octanol–water partition coefficient (Wildman–Crippen LogP) is 4.43. The van der Waals surface area contributed by atoms with E-state index in [2.05, 4.69) is 37.7 Å². The van der Waals surface area contributed by atoms with Crippen molar-refractivity contribution in [1.82, 2.24) is 5.32 Å². The number of amides is 1. The molecule has 118 valence electrons. The summed E-state index contributed by atoms with van der Waals surface area (Å²) in [6, 6.07) is 5.72. The van der Waals surface area contributed by atoms with Crippen LogP contribution in [-0.4, -0.2) is 18.3 Å². The van der Waals surface area contributed by atoms with E-state index in [9.17, 15) is 4.79 Å². The Morgan fingerprint density at radius 3 is 2.95 bits per heavy atom. The van der Waals surface area contributed by atoms with Gasteiger partial charge in [0.2, 0.25) is 0 Å². The topological polar surface area (TPSA) is 47.6 Å². The summed E-state index contributed by atoms with van der Waals surface area (Å²) in [5, 5.41) is 5.86. The number of benzene rings is 1. The van der Waals surface area contributed by atoms with Gasteiger partial charge in [-0.05, 0) is 47.1 Å². The number of carbonyl (C=O) groups excluding carboxylic acids is 1. The Bertz CT molecular complexity index is 616. The van der Waals surface area contributed by atoms with Crippen molar-refractivity contribution in [3.05, 3.63) is 29.3 Å². The lowest BCUT2D eigenvalue weighted by atomic mass is 9.99. The fourth-order valence-electron chi connectivity index (χ4n) is 2.15. The minimum atomic E-state index is -0.505. The summed E-state index contributed by atoms with van der Waals surface area (Å²) in [4.78, 5) is 11.9. The number of halogens is 1. The quantitative estimate of drug-likeness (QED) is 0.528. The molecule has 0 fully saturated rings. The fourth-order valence-corrected chi connectivity index (χ4v) is 2.63. The van der Waals surface area contributed by atoms with Crippen molar-refractivity contribution in [3.63, 3.8) is 0 Å². The highest BCUT2D eigenvalue weighted by Gasteiger charge is 2.25. The molecule has 1 unspecified atom stereocenters. The monoisotopic (exact) mass is 431 g/mol. The highest BCUT2D eigenvalue weighted by molar-refractivity contribution is 14.2. The number of ether oxygens (including phenoxy) is 2. The Labute approximate surface area is 147 Å². The lowest BCUT2D eigenvalue weighted by molar-refractivity contribution is 0.0491. The molecule has 0 aromatic heterocycles.